The monoisotopic (exact) mass is 274 g/mol. The standard InChI is InChI=1S/C13H26N2O4/c1-5-10(6-2)15(8-9-16)12(19)14-13(4,7-3)11(17)18/h10,16H,5-9H2,1-4H3,(H,14,19)(H,17,18). The number of aliphatic hydroxyl groups is 1. The number of nitrogens with zero attached hydrogens (tertiary/aromatic N) is 1. The van der Waals surface area contributed by atoms with Gasteiger partial charge in [-0.05, 0) is 26.2 Å². The predicted molar refractivity (Wildman–Crippen MR) is 73.0 cm³/mol. The Morgan fingerprint density at radius 1 is 1.26 bits per heavy atom. The van der Waals surface area contributed by atoms with Gasteiger partial charge >= 0.3 is 12.0 Å². The minimum Gasteiger partial charge on any atom is -0.480 e. The van der Waals surface area contributed by atoms with Crippen LogP contribution in [-0.4, -0.2) is 51.8 Å². The molecule has 1 atom stereocenters. The van der Waals surface area contributed by atoms with E-state index < -0.39 is 17.5 Å². The second-order valence-electron chi connectivity index (χ2n) is 4.81. The van der Waals surface area contributed by atoms with Crippen molar-refractivity contribution in [2.24, 2.45) is 0 Å². The molecule has 112 valence electrons. The molecule has 6 nitrogen and oxygen atoms in total. The van der Waals surface area contributed by atoms with Crippen LogP contribution in [0.4, 0.5) is 4.79 Å². The Labute approximate surface area is 114 Å². The predicted octanol–water partition coefficient (Wildman–Crippen LogP) is 1.43. The maximum atomic E-state index is 12.2. The van der Waals surface area contributed by atoms with E-state index in [-0.39, 0.29) is 19.2 Å². The van der Waals surface area contributed by atoms with Gasteiger partial charge in [-0.25, -0.2) is 9.59 Å². The summed E-state index contributed by atoms with van der Waals surface area (Å²) in [5.74, 6) is -1.06. The Morgan fingerprint density at radius 3 is 2.11 bits per heavy atom. The van der Waals surface area contributed by atoms with Gasteiger partial charge in [0, 0.05) is 12.6 Å². The molecular weight excluding hydrogens is 248 g/mol. The number of rotatable bonds is 8. The first-order valence-electron chi connectivity index (χ1n) is 6.79. The van der Waals surface area contributed by atoms with Crippen molar-refractivity contribution in [2.75, 3.05) is 13.2 Å². The first-order chi connectivity index (χ1) is 8.86. The summed E-state index contributed by atoms with van der Waals surface area (Å²) in [7, 11) is 0. The van der Waals surface area contributed by atoms with Crippen LogP contribution in [0.5, 0.6) is 0 Å². The van der Waals surface area contributed by atoms with Crippen LogP contribution >= 0.6 is 0 Å². The highest BCUT2D eigenvalue weighted by Gasteiger charge is 2.35. The number of hydrogen-bond donors (Lipinski definition) is 3. The van der Waals surface area contributed by atoms with E-state index >= 15 is 0 Å². The molecule has 0 rings (SSSR count). The third-order valence-electron chi connectivity index (χ3n) is 3.55. The summed E-state index contributed by atoms with van der Waals surface area (Å²) < 4.78 is 0. The molecule has 0 heterocycles. The van der Waals surface area contributed by atoms with Gasteiger partial charge in [-0.1, -0.05) is 20.8 Å². The normalized spacial score (nSPS) is 14.0. The molecule has 0 spiro atoms. The maximum Gasteiger partial charge on any atom is 0.329 e. The first-order valence-corrected chi connectivity index (χ1v) is 6.79. The molecule has 6 heteroatoms. The SMILES string of the molecule is CCC(CC)N(CCO)C(=O)NC(C)(CC)C(=O)O. The van der Waals surface area contributed by atoms with E-state index in [1.165, 1.54) is 11.8 Å². The molecule has 0 aromatic rings. The van der Waals surface area contributed by atoms with Gasteiger partial charge in [-0.2, -0.15) is 0 Å². The third-order valence-corrected chi connectivity index (χ3v) is 3.55. The van der Waals surface area contributed by atoms with Gasteiger partial charge < -0.3 is 20.4 Å². The van der Waals surface area contributed by atoms with Crippen LogP contribution in [0.15, 0.2) is 0 Å². The van der Waals surface area contributed by atoms with E-state index in [0.29, 0.717) is 6.42 Å². The molecule has 1 unspecified atom stereocenters. The number of carboxylic acids is 1. The lowest BCUT2D eigenvalue weighted by atomic mass is 9.99. The van der Waals surface area contributed by atoms with Crippen LogP contribution in [-0.2, 0) is 4.79 Å². The van der Waals surface area contributed by atoms with Crippen molar-refractivity contribution in [2.45, 2.75) is 58.5 Å². The van der Waals surface area contributed by atoms with Crippen LogP contribution in [0.3, 0.4) is 0 Å². The van der Waals surface area contributed by atoms with Gasteiger partial charge in [-0.15, -0.1) is 0 Å². The van der Waals surface area contributed by atoms with E-state index in [1.807, 2.05) is 13.8 Å². The van der Waals surface area contributed by atoms with Gasteiger partial charge in [0.2, 0.25) is 0 Å². The highest BCUT2D eigenvalue weighted by atomic mass is 16.4. The number of amides is 2. The average molecular weight is 274 g/mol. The van der Waals surface area contributed by atoms with E-state index in [1.54, 1.807) is 6.92 Å². The average Bonchev–Trinajstić information content (AvgIpc) is 2.38. The molecule has 19 heavy (non-hydrogen) atoms. The van der Waals surface area contributed by atoms with Crippen molar-refractivity contribution in [3.05, 3.63) is 0 Å². The fourth-order valence-corrected chi connectivity index (χ4v) is 1.89. The van der Waals surface area contributed by atoms with Crippen LogP contribution in [0, 0.1) is 0 Å². The molecule has 0 saturated carbocycles. The number of aliphatic carboxylic acids is 1. The summed E-state index contributed by atoms with van der Waals surface area (Å²) in [6.07, 6.45) is 1.82. The van der Waals surface area contributed by atoms with Gasteiger partial charge in [0.1, 0.15) is 5.54 Å². The summed E-state index contributed by atoms with van der Waals surface area (Å²) in [4.78, 5) is 24.9. The van der Waals surface area contributed by atoms with Gasteiger partial charge in [0.05, 0.1) is 6.61 Å². The Morgan fingerprint density at radius 2 is 1.79 bits per heavy atom. The maximum absolute atomic E-state index is 12.2. The highest BCUT2D eigenvalue weighted by Crippen LogP contribution is 2.13. The molecular formula is C13H26N2O4. The van der Waals surface area contributed by atoms with E-state index in [0.717, 1.165) is 12.8 Å². The molecule has 0 aromatic carbocycles. The summed E-state index contributed by atoms with van der Waals surface area (Å²) in [5, 5.41) is 20.8. The number of urea groups is 1. The quantitative estimate of drug-likeness (QED) is 0.624. The van der Waals surface area contributed by atoms with Crippen LogP contribution in [0.1, 0.15) is 47.0 Å². The molecule has 0 fully saturated rings. The summed E-state index contributed by atoms with van der Waals surface area (Å²) in [6, 6.07) is -0.434. The Kier molecular flexibility index (Phi) is 7.44. The number of carboxylic acid groups (broad SMARTS) is 1. The summed E-state index contributed by atoms with van der Waals surface area (Å²) in [6.45, 7) is 7.18. The zero-order valence-corrected chi connectivity index (χ0v) is 12.3. The van der Waals surface area contributed by atoms with Crippen LogP contribution in [0.25, 0.3) is 0 Å². The second kappa shape index (κ2) is 7.99. The molecule has 0 aliphatic heterocycles. The molecule has 0 saturated heterocycles. The summed E-state index contributed by atoms with van der Waals surface area (Å²) in [5.41, 5.74) is -1.28. The number of hydrogen-bond acceptors (Lipinski definition) is 3. The zero-order chi connectivity index (χ0) is 15.1. The lowest BCUT2D eigenvalue weighted by Gasteiger charge is -2.34. The van der Waals surface area contributed by atoms with Crippen molar-refractivity contribution in [3.63, 3.8) is 0 Å². The molecule has 0 aliphatic carbocycles. The molecule has 0 radical (unpaired) electrons. The van der Waals surface area contributed by atoms with Crippen LogP contribution in [0.2, 0.25) is 0 Å². The molecule has 0 bridgehead atoms. The van der Waals surface area contributed by atoms with Crippen LogP contribution < -0.4 is 5.32 Å². The molecule has 2 amide bonds. The summed E-state index contributed by atoms with van der Waals surface area (Å²) >= 11 is 0. The first kappa shape index (κ1) is 17.7. The topological polar surface area (TPSA) is 89.9 Å². The number of nitrogens with one attached hydrogen (secondary N) is 1. The van der Waals surface area contributed by atoms with Gasteiger partial charge in [-0.3, -0.25) is 0 Å². The van der Waals surface area contributed by atoms with Crippen molar-refractivity contribution in [1.29, 1.82) is 0 Å². The van der Waals surface area contributed by atoms with E-state index in [4.69, 9.17) is 10.2 Å². The van der Waals surface area contributed by atoms with E-state index in [2.05, 4.69) is 5.32 Å². The van der Waals surface area contributed by atoms with Crippen molar-refractivity contribution in [3.8, 4) is 0 Å². The highest BCUT2D eigenvalue weighted by molar-refractivity contribution is 5.86. The molecule has 0 aromatic heterocycles. The third kappa shape index (κ3) is 4.70. The Bertz CT molecular complexity index is 305. The zero-order valence-electron chi connectivity index (χ0n) is 12.3. The number of carbonyl (C=O) groups is 2. The second-order valence-corrected chi connectivity index (χ2v) is 4.81. The van der Waals surface area contributed by atoms with Crippen molar-refractivity contribution >= 4 is 12.0 Å². The smallest absolute Gasteiger partial charge is 0.329 e. The van der Waals surface area contributed by atoms with Crippen molar-refractivity contribution in [1.82, 2.24) is 10.2 Å². The minimum atomic E-state index is -1.28. The fraction of sp³-hybridized carbons (Fsp3) is 0.846. The van der Waals surface area contributed by atoms with Gasteiger partial charge in [0.25, 0.3) is 0 Å². The Balaban J connectivity index is 4.95. The number of aliphatic hydroxyl groups excluding tert-OH is 1. The lowest BCUT2D eigenvalue weighted by molar-refractivity contribution is -0.143. The van der Waals surface area contributed by atoms with Crippen molar-refractivity contribution < 1.29 is 19.8 Å². The molecule has 0 aliphatic rings. The number of carbonyl (C=O) groups excluding carboxylic acids is 1. The fourth-order valence-electron chi connectivity index (χ4n) is 1.89. The Hall–Kier alpha value is -1.30. The van der Waals surface area contributed by atoms with Gasteiger partial charge in [0.15, 0.2) is 0 Å². The lowest BCUT2D eigenvalue weighted by Crippen LogP contribution is -2.57. The minimum absolute atomic E-state index is 0.00190. The molecule has 3 N–H and O–H groups in total. The largest absolute Gasteiger partial charge is 0.480 e. The van der Waals surface area contributed by atoms with E-state index in [9.17, 15) is 9.59 Å².